The second-order valence-corrected chi connectivity index (χ2v) is 5.91. The highest BCUT2D eigenvalue weighted by atomic mass is 19.4. The fraction of sp³-hybridized carbons (Fsp3) is 0.500. The number of hydrogen-bond donors (Lipinski definition) is 2. The fourth-order valence-corrected chi connectivity index (χ4v) is 2.92. The first kappa shape index (κ1) is 18.3. The lowest BCUT2D eigenvalue weighted by molar-refractivity contribution is -0.162. The summed E-state index contributed by atoms with van der Waals surface area (Å²) in [6, 6.07) is 5.15. The molecule has 1 aliphatic rings. The SMILES string of the molecule is [B]c1ccc([C@H](NC2(C(=O)NCC#N)CC2CC)C(F)(F)F)cc1. The summed E-state index contributed by atoms with van der Waals surface area (Å²) in [6.45, 7) is 1.58. The van der Waals surface area contributed by atoms with Crippen molar-refractivity contribution in [2.75, 3.05) is 6.54 Å². The molecule has 0 saturated heterocycles. The minimum Gasteiger partial charge on any atom is -0.341 e. The van der Waals surface area contributed by atoms with Crippen LogP contribution < -0.4 is 16.1 Å². The molecule has 0 spiro atoms. The van der Waals surface area contributed by atoms with Crippen molar-refractivity contribution in [3.8, 4) is 6.07 Å². The molecule has 1 amide bonds. The molecule has 126 valence electrons. The molecule has 2 radical (unpaired) electrons. The Kier molecular flexibility index (Phi) is 5.24. The van der Waals surface area contributed by atoms with Gasteiger partial charge in [0, 0.05) is 0 Å². The summed E-state index contributed by atoms with van der Waals surface area (Å²) in [4.78, 5) is 12.3. The van der Waals surface area contributed by atoms with E-state index in [4.69, 9.17) is 13.1 Å². The van der Waals surface area contributed by atoms with E-state index in [0.29, 0.717) is 18.3 Å². The molecular weight excluding hydrogens is 318 g/mol. The molecule has 0 bridgehead atoms. The Morgan fingerprint density at radius 2 is 2.08 bits per heavy atom. The molecule has 1 aliphatic carbocycles. The molecule has 8 heteroatoms. The zero-order chi connectivity index (χ0) is 18.0. The maximum absolute atomic E-state index is 13.5. The molecule has 0 aromatic heterocycles. The topological polar surface area (TPSA) is 64.9 Å². The number of amides is 1. The first-order valence-corrected chi connectivity index (χ1v) is 7.59. The Bertz CT molecular complexity index is 641. The lowest BCUT2D eigenvalue weighted by Gasteiger charge is -2.28. The Hall–Kier alpha value is -2.01. The Morgan fingerprint density at radius 3 is 2.54 bits per heavy atom. The zero-order valence-corrected chi connectivity index (χ0v) is 13.2. The second kappa shape index (κ2) is 6.85. The van der Waals surface area contributed by atoms with Crippen molar-refractivity contribution in [2.24, 2.45) is 5.92 Å². The molecular formula is C16H17BF3N3O. The van der Waals surface area contributed by atoms with E-state index in [9.17, 15) is 18.0 Å². The third-order valence-electron chi connectivity index (χ3n) is 4.33. The number of benzene rings is 1. The Morgan fingerprint density at radius 1 is 1.46 bits per heavy atom. The molecule has 2 rings (SSSR count). The quantitative estimate of drug-likeness (QED) is 0.611. The maximum Gasteiger partial charge on any atom is 0.407 e. The monoisotopic (exact) mass is 335 g/mol. The number of nitrogens with one attached hydrogen (secondary N) is 2. The molecule has 0 aliphatic heterocycles. The van der Waals surface area contributed by atoms with Gasteiger partial charge in [0.2, 0.25) is 5.91 Å². The summed E-state index contributed by atoms with van der Waals surface area (Å²) < 4.78 is 40.6. The molecule has 2 N–H and O–H groups in total. The minimum absolute atomic E-state index is 0.00842. The van der Waals surface area contributed by atoms with Crippen molar-refractivity contribution in [1.82, 2.24) is 10.6 Å². The zero-order valence-electron chi connectivity index (χ0n) is 13.2. The van der Waals surface area contributed by atoms with E-state index in [1.54, 1.807) is 6.07 Å². The summed E-state index contributed by atoms with van der Waals surface area (Å²) in [5, 5.41) is 13.4. The second-order valence-electron chi connectivity index (χ2n) is 5.91. The van der Waals surface area contributed by atoms with Gasteiger partial charge in [-0.15, -0.1) is 0 Å². The highest BCUT2D eigenvalue weighted by Crippen LogP contribution is 2.49. The number of alkyl halides is 3. The van der Waals surface area contributed by atoms with Crippen LogP contribution in [0.25, 0.3) is 0 Å². The van der Waals surface area contributed by atoms with Crippen molar-refractivity contribution in [1.29, 1.82) is 5.26 Å². The van der Waals surface area contributed by atoms with Crippen LogP contribution >= 0.6 is 0 Å². The number of nitriles is 1. The molecule has 1 aromatic rings. The summed E-state index contributed by atoms with van der Waals surface area (Å²) >= 11 is 0. The number of halogens is 3. The van der Waals surface area contributed by atoms with Gasteiger partial charge in [-0.05, 0) is 17.9 Å². The largest absolute Gasteiger partial charge is 0.407 e. The van der Waals surface area contributed by atoms with Crippen LogP contribution in [0.5, 0.6) is 0 Å². The molecule has 1 saturated carbocycles. The van der Waals surface area contributed by atoms with E-state index < -0.39 is 23.7 Å². The molecule has 4 nitrogen and oxygen atoms in total. The van der Waals surface area contributed by atoms with Crippen molar-refractivity contribution in [3.63, 3.8) is 0 Å². The van der Waals surface area contributed by atoms with Gasteiger partial charge in [-0.3, -0.25) is 10.1 Å². The van der Waals surface area contributed by atoms with Crippen LogP contribution in [0, 0.1) is 17.2 Å². The van der Waals surface area contributed by atoms with Gasteiger partial charge in [-0.25, -0.2) is 0 Å². The summed E-state index contributed by atoms with van der Waals surface area (Å²) in [7, 11) is 5.53. The van der Waals surface area contributed by atoms with Crippen LogP contribution in [0.3, 0.4) is 0 Å². The first-order valence-electron chi connectivity index (χ1n) is 7.59. The Balaban J connectivity index is 2.28. The van der Waals surface area contributed by atoms with Gasteiger partial charge in [0.15, 0.2) is 0 Å². The lowest BCUT2D eigenvalue weighted by Crippen LogP contribution is -2.52. The maximum atomic E-state index is 13.5. The molecule has 2 unspecified atom stereocenters. The van der Waals surface area contributed by atoms with Gasteiger partial charge in [0.05, 0.1) is 6.07 Å². The smallest absolute Gasteiger partial charge is 0.341 e. The van der Waals surface area contributed by atoms with Crippen molar-refractivity contribution >= 4 is 19.2 Å². The average molecular weight is 335 g/mol. The number of carbonyl (C=O) groups excluding carboxylic acids is 1. The standard InChI is InChI=1S/C16H17BF3N3O/c1-2-11-9-15(11,14(24)22-8-7-21)23-13(16(18,19)20)10-3-5-12(17)6-4-10/h3-6,11,13,23H,2,8-9H2,1H3,(H,22,24)/t11?,13-,15?/m0/s1. The van der Waals surface area contributed by atoms with Crippen LogP contribution in [0.4, 0.5) is 13.2 Å². The lowest BCUT2D eigenvalue weighted by atomic mass is 9.93. The normalized spacial score (nSPS) is 24.0. The van der Waals surface area contributed by atoms with E-state index in [1.165, 1.54) is 24.3 Å². The molecule has 1 aromatic carbocycles. The Labute approximate surface area is 139 Å². The third-order valence-corrected chi connectivity index (χ3v) is 4.33. The van der Waals surface area contributed by atoms with Gasteiger partial charge in [0.1, 0.15) is 26.0 Å². The van der Waals surface area contributed by atoms with Crippen molar-refractivity contribution in [2.45, 2.75) is 37.5 Å². The molecule has 24 heavy (non-hydrogen) atoms. The van der Waals surface area contributed by atoms with Gasteiger partial charge >= 0.3 is 6.18 Å². The average Bonchev–Trinajstić information content (AvgIpc) is 3.25. The van der Waals surface area contributed by atoms with Gasteiger partial charge in [-0.1, -0.05) is 43.1 Å². The number of rotatable bonds is 6. The van der Waals surface area contributed by atoms with Crippen molar-refractivity contribution < 1.29 is 18.0 Å². The number of carbonyl (C=O) groups is 1. The first-order chi connectivity index (χ1) is 11.2. The molecule has 1 fully saturated rings. The van der Waals surface area contributed by atoms with Crippen LogP contribution in [-0.4, -0.2) is 32.0 Å². The minimum atomic E-state index is -4.57. The van der Waals surface area contributed by atoms with Crippen LogP contribution in [0.2, 0.25) is 0 Å². The van der Waals surface area contributed by atoms with E-state index in [-0.39, 0.29) is 18.0 Å². The number of hydrogen-bond acceptors (Lipinski definition) is 3. The van der Waals surface area contributed by atoms with Crippen LogP contribution in [0.1, 0.15) is 31.4 Å². The predicted molar refractivity (Wildman–Crippen MR) is 83.5 cm³/mol. The van der Waals surface area contributed by atoms with Gasteiger partial charge < -0.3 is 5.32 Å². The molecule has 0 heterocycles. The highest BCUT2D eigenvalue weighted by Gasteiger charge is 2.61. The van der Waals surface area contributed by atoms with Crippen LogP contribution in [0.15, 0.2) is 24.3 Å². The summed E-state index contributed by atoms with van der Waals surface area (Å²) in [6.07, 6.45) is -3.69. The van der Waals surface area contributed by atoms with E-state index >= 15 is 0 Å². The third kappa shape index (κ3) is 3.73. The molecule has 3 atom stereocenters. The summed E-state index contributed by atoms with van der Waals surface area (Å²) in [5.74, 6) is -0.768. The highest BCUT2D eigenvalue weighted by molar-refractivity contribution is 6.32. The van der Waals surface area contributed by atoms with Gasteiger partial charge in [0.25, 0.3) is 0 Å². The van der Waals surface area contributed by atoms with Crippen LogP contribution in [-0.2, 0) is 4.79 Å². The number of nitrogens with zero attached hydrogens (tertiary/aromatic N) is 1. The van der Waals surface area contributed by atoms with E-state index in [1.807, 2.05) is 6.92 Å². The van der Waals surface area contributed by atoms with Crippen molar-refractivity contribution in [3.05, 3.63) is 29.8 Å². The van der Waals surface area contributed by atoms with E-state index in [0.717, 1.165) is 0 Å². The van der Waals surface area contributed by atoms with Gasteiger partial charge in [-0.2, -0.15) is 18.4 Å². The summed E-state index contributed by atoms with van der Waals surface area (Å²) in [5.41, 5.74) is -0.947. The fourth-order valence-electron chi connectivity index (χ4n) is 2.92. The van der Waals surface area contributed by atoms with E-state index in [2.05, 4.69) is 10.6 Å². The predicted octanol–water partition coefficient (Wildman–Crippen LogP) is 1.48.